The molecule has 2 aliphatic rings. The van der Waals surface area contributed by atoms with Crippen LogP contribution in [0, 0.1) is 11.8 Å². The maximum atomic E-state index is 5.72. The van der Waals surface area contributed by atoms with E-state index in [4.69, 9.17) is 4.74 Å². The van der Waals surface area contributed by atoms with Gasteiger partial charge in [0.05, 0.1) is 6.61 Å². The number of hydrogen-bond donors (Lipinski definition) is 1. The second-order valence-electron chi connectivity index (χ2n) is 6.43. The summed E-state index contributed by atoms with van der Waals surface area (Å²) in [5, 5.41) is 3.56. The Morgan fingerprint density at radius 3 is 2.35 bits per heavy atom. The molecule has 0 bridgehead atoms. The molecule has 2 saturated heterocycles. The molecule has 0 aromatic rings. The molecule has 1 N–H and O–H groups in total. The van der Waals surface area contributed by atoms with Crippen molar-refractivity contribution in [3.8, 4) is 0 Å². The number of nitrogens with zero attached hydrogens (tertiary/aromatic N) is 1. The van der Waals surface area contributed by atoms with Crippen molar-refractivity contribution in [1.82, 2.24) is 10.2 Å². The maximum Gasteiger partial charge on any atom is 0.0647 e. The first-order valence-electron chi connectivity index (χ1n) is 7.14. The van der Waals surface area contributed by atoms with E-state index in [0.717, 1.165) is 38.1 Å². The Morgan fingerprint density at radius 1 is 1.18 bits per heavy atom. The first-order chi connectivity index (χ1) is 8.10. The minimum atomic E-state index is 0.276. The lowest BCUT2D eigenvalue weighted by Gasteiger charge is -2.46. The highest BCUT2D eigenvalue weighted by atomic mass is 16.5. The fourth-order valence-corrected chi connectivity index (χ4v) is 3.14. The molecule has 100 valence electrons. The average Bonchev–Trinajstić information content (AvgIpc) is 2.27. The van der Waals surface area contributed by atoms with Gasteiger partial charge in [-0.25, -0.2) is 0 Å². The number of nitrogens with one attached hydrogen (secondary N) is 1. The topological polar surface area (TPSA) is 24.5 Å². The molecule has 0 spiro atoms. The Bertz CT molecular complexity index is 226. The minimum Gasteiger partial charge on any atom is -0.380 e. The second kappa shape index (κ2) is 5.68. The fraction of sp³-hybridized carbons (Fsp3) is 1.00. The summed E-state index contributed by atoms with van der Waals surface area (Å²) in [5.41, 5.74) is 0.276. The molecule has 3 atom stereocenters. The SMILES string of the molecule is CC1CNCC(C)CN(C2(C)CCCOC2)C1. The average molecular weight is 240 g/mol. The molecule has 17 heavy (non-hydrogen) atoms. The Hall–Kier alpha value is -0.120. The lowest BCUT2D eigenvalue weighted by molar-refractivity contribution is -0.0518. The highest BCUT2D eigenvalue weighted by Crippen LogP contribution is 2.28. The van der Waals surface area contributed by atoms with Crippen LogP contribution in [-0.2, 0) is 4.74 Å². The predicted molar refractivity (Wildman–Crippen MR) is 71.2 cm³/mol. The summed E-state index contributed by atoms with van der Waals surface area (Å²) in [4.78, 5) is 2.70. The van der Waals surface area contributed by atoms with Gasteiger partial charge in [-0.1, -0.05) is 13.8 Å². The molecule has 0 aromatic carbocycles. The van der Waals surface area contributed by atoms with Crippen LogP contribution in [0.1, 0.15) is 33.6 Å². The summed E-state index contributed by atoms with van der Waals surface area (Å²) in [5.74, 6) is 1.47. The molecule has 0 amide bonds. The first kappa shape index (κ1) is 13.3. The van der Waals surface area contributed by atoms with Gasteiger partial charge in [-0.05, 0) is 44.7 Å². The fourth-order valence-electron chi connectivity index (χ4n) is 3.14. The predicted octanol–water partition coefficient (Wildman–Crippen LogP) is 1.73. The molecule has 3 nitrogen and oxygen atoms in total. The molecule has 2 fully saturated rings. The molecule has 2 aliphatic heterocycles. The largest absolute Gasteiger partial charge is 0.380 e. The highest BCUT2D eigenvalue weighted by molar-refractivity contribution is 4.91. The number of rotatable bonds is 1. The van der Waals surface area contributed by atoms with Gasteiger partial charge in [0.1, 0.15) is 0 Å². The van der Waals surface area contributed by atoms with Crippen LogP contribution in [0.15, 0.2) is 0 Å². The second-order valence-corrected chi connectivity index (χ2v) is 6.43. The monoisotopic (exact) mass is 240 g/mol. The lowest BCUT2D eigenvalue weighted by atomic mass is 9.90. The van der Waals surface area contributed by atoms with Gasteiger partial charge in [-0.3, -0.25) is 4.90 Å². The Labute approximate surface area is 106 Å². The molecular formula is C14H28N2O. The van der Waals surface area contributed by atoms with E-state index in [0.29, 0.717) is 0 Å². The molecule has 3 heteroatoms. The van der Waals surface area contributed by atoms with E-state index in [-0.39, 0.29) is 5.54 Å². The van der Waals surface area contributed by atoms with E-state index in [1.807, 2.05) is 0 Å². The molecule has 0 aromatic heterocycles. The standard InChI is InChI=1S/C14H28N2O/c1-12-7-15-8-13(2)10-16(9-12)14(3)5-4-6-17-11-14/h12-13,15H,4-11H2,1-3H3. The summed E-state index contributed by atoms with van der Waals surface area (Å²) in [6, 6.07) is 0. The summed E-state index contributed by atoms with van der Waals surface area (Å²) in [6.45, 7) is 13.7. The van der Waals surface area contributed by atoms with E-state index in [2.05, 4.69) is 31.0 Å². The van der Waals surface area contributed by atoms with Gasteiger partial charge >= 0.3 is 0 Å². The van der Waals surface area contributed by atoms with Gasteiger partial charge in [-0.2, -0.15) is 0 Å². The van der Waals surface area contributed by atoms with Gasteiger partial charge < -0.3 is 10.1 Å². The Balaban J connectivity index is 2.03. The minimum absolute atomic E-state index is 0.276. The zero-order chi connectivity index (χ0) is 12.3. The van der Waals surface area contributed by atoms with E-state index in [1.165, 1.54) is 25.9 Å². The van der Waals surface area contributed by atoms with Crippen LogP contribution in [-0.4, -0.2) is 49.8 Å². The van der Waals surface area contributed by atoms with Crippen molar-refractivity contribution in [2.24, 2.45) is 11.8 Å². The maximum absolute atomic E-state index is 5.72. The van der Waals surface area contributed by atoms with Gasteiger partial charge in [0.15, 0.2) is 0 Å². The summed E-state index contributed by atoms with van der Waals surface area (Å²) in [6.07, 6.45) is 2.51. The van der Waals surface area contributed by atoms with Gasteiger partial charge in [0.25, 0.3) is 0 Å². The highest BCUT2D eigenvalue weighted by Gasteiger charge is 2.35. The van der Waals surface area contributed by atoms with Gasteiger partial charge in [0.2, 0.25) is 0 Å². The van der Waals surface area contributed by atoms with Crippen LogP contribution in [0.2, 0.25) is 0 Å². The van der Waals surface area contributed by atoms with E-state index >= 15 is 0 Å². The van der Waals surface area contributed by atoms with E-state index < -0.39 is 0 Å². The normalized spacial score (nSPS) is 41.8. The van der Waals surface area contributed by atoms with Crippen LogP contribution in [0.25, 0.3) is 0 Å². The van der Waals surface area contributed by atoms with Crippen LogP contribution < -0.4 is 5.32 Å². The third-order valence-corrected chi connectivity index (χ3v) is 4.23. The van der Waals surface area contributed by atoms with Crippen LogP contribution in [0.4, 0.5) is 0 Å². The van der Waals surface area contributed by atoms with Crippen LogP contribution in [0.3, 0.4) is 0 Å². The molecule has 0 saturated carbocycles. The zero-order valence-corrected chi connectivity index (χ0v) is 11.7. The number of ether oxygens (including phenoxy) is 1. The summed E-state index contributed by atoms with van der Waals surface area (Å²) < 4.78 is 5.72. The molecule has 0 aliphatic carbocycles. The Kier molecular flexibility index (Phi) is 4.45. The van der Waals surface area contributed by atoms with E-state index in [1.54, 1.807) is 0 Å². The smallest absolute Gasteiger partial charge is 0.0647 e. The third kappa shape index (κ3) is 3.43. The quantitative estimate of drug-likeness (QED) is 0.755. The van der Waals surface area contributed by atoms with Crippen LogP contribution >= 0.6 is 0 Å². The molecular weight excluding hydrogens is 212 g/mol. The molecule has 2 heterocycles. The van der Waals surface area contributed by atoms with Crippen molar-refractivity contribution >= 4 is 0 Å². The molecule has 2 rings (SSSR count). The van der Waals surface area contributed by atoms with Crippen molar-refractivity contribution in [2.75, 3.05) is 39.4 Å². The molecule has 0 radical (unpaired) electrons. The van der Waals surface area contributed by atoms with Crippen molar-refractivity contribution in [3.63, 3.8) is 0 Å². The van der Waals surface area contributed by atoms with Crippen molar-refractivity contribution in [1.29, 1.82) is 0 Å². The van der Waals surface area contributed by atoms with Gasteiger partial charge in [0, 0.05) is 25.2 Å². The number of hydrogen-bond acceptors (Lipinski definition) is 3. The van der Waals surface area contributed by atoms with Crippen molar-refractivity contribution < 1.29 is 4.74 Å². The zero-order valence-electron chi connectivity index (χ0n) is 11.7. The third-order valence-electron chi connectivity index (χ3n) is 4.23. The van der Waals surface area contributed by atoms with Crippen molar-refractivity contribution in [3.05, 3.63) is 0 Å². The molecule has 3 unspecified atom stereocenters. The summed E-state index contributed by atoms with van der Waals surface area (Å²) in [7, 11) is 0. The lowest BCUT2D eigenvalue weighted by Crippen LogP contribution is -2.56. The van der Waals surface area contributed by atoms with Crippen LogP contribution in [0.5, 0.6) is 0 Å². The van der Waals surface area contributed by atoms with E-state index in [9.17, 15) is 0 Å². The first-order valence-corrected chi connectivity index (χ1v) is 7.14. The van der Waals surface area contributed by atoms with Gasteiger partial charge in [-0.15, -0.1) is 0 Å². The van der Waals surface area contributed by atoms with Crippen molar-refractivity contribution in [2.45, 2.75) is 39.2 Å². The Morgan fingerprint density at radius 2 is 1.82 bits per heavy atom. The summed E-state index contributed by atoms with van der Waals surface area (Å²) >= 11 is 0.